The molecule has 0 saturated carbocycles. The minimum absolute atomic E-state index is 0.398. The van der Waals surface area contributed by atoms with Crippen LogP contribution in [0.15, 0.2) is 77.7 Å². The van der Waals surface area contributed by atoms with Crippen molar-refractivity contribution in [3.8, 4) is 16.3 Å². The lowest BCUT2D eigenvalue weighted by Crippen LogP contribution is -2.45. The number of aryl methyl sites for hydroxylation is 1. The van der Waals surface area contributed by atoms with Crippen molar-refractivity contribution in [2.24, 2.45) is 0 Å². The Balaban J connectivity index is 1.29. The van der Waals surface area contributed by atoms with Crippen molar-refractivity contribution in [2.75, 3.05) is 32.8 Å². The summed E-state index contributed by atoms with van der Waals surface area (Å²) >= 11 is 3.15. The van der Waals surface area contributed by atoms with Crippen LogP contribution in [0.5, 0.6) is 5.75 Å². The maximum absolute atomic E-state index is 13.1. The molecule has 0 aliphatic carbocycles. The number of aromatic nitrogens is 1. The zero-order valence-electron chi connectivity index (χ0n) is 23.6. The Morgan fingerprint density at radius 2 is 1.65 bits per heavy atom. The highest BCUT2D eigenvalue weighted by Gasteiger charge is 2.30. The summed E-state index contributed by atoms with van der Waals surface area (Å²) in [5, 5.41) is 9.60. The molecule has 1 aliphatic rings. The minimum atomic E-state index is -4.39. The van der Waals surface area contributed by atoms with E-state index in [1.165, 1.54) is 29.0 Å². The molecule has 0 atom stereocenters. The average Bonchev–Trinajstić information content (AvgIpc) is 3.39. The van der Waals surface area contributed by atoms with Gasteiger partial charge in [0.25, 0.3) is 0 Å². The summed E-state index contributed by atoms with van der Waals surface area (Å²) in [5.41, 5.74) is 3.08. The normalized spacial score (nSPS) is 14.6. The number of hydrogen-bond donors (Lipinski definition) is 1. The number of halogens is 3. The van der Waals surface area contributed by atoms with Crippen molar-refractivity contribution in [1.29, 1.82) is 0 Å². The van der Waals surface area contributed by atoms with Gasteiger partial charge in [-0.15, -0.1) is 23.1 Å². The third kappa shape index (κ3) is 8.60. The summed E-state index contributed by atoms with van der Waals surface area (Å²) in [7, 11) is 0. The molecule has 1 fully saturated rings. The van der Waals surface area contributed by atoms with Crippen LogP contribution < -0.4 is 4.74 Å². The molecule has 0 amide bonds. The number of thiazole rings is 1. The number of hydrogen-bond acceptors (Lipinski definition) is 7. The molecule has 1 N–H and O–H groups in total. The Morgan fingerprint density at radius 3 is 2.28 bits per heavy atom. The van der Waals surface area contributed by atoms with Gasteiger partial charge in [-0.25, -0.2) is 9.78 Å². The quantitative estimate of drug-likeness (QED) is 0.176. The van der Waals surface area contributed by atoms with Gasteiger partial charge in [0.1, 0.15) is 10.8 Å². The number of aliphatic carboxylic acids is 1. The van der Waals surface area contributed by atoms with E-state index in [1.54, 1.807) is 17.8 Å². The predicted octanol–water partition coefficient (Wildman–Crippen LogP) is 7.21. The van der Waals surface area contributed by atoms with Gasteiger partial charge in [0, 0.05) is 60.4 Å². The van der Waals surface area contributed by atoms with Gasteiger partial charge in [0.15, 0.2) is 6.61 Å². The van der Waals surface area contributed by atoms with Gasteiger partial charge in [0.05, 0.1) is 11.3 Å². The Kier molecular flexibility index (Phi) is 10.1. The number of carboxylic acid groups (broad SMARTS) is 1. The molecule has 1 aromatic heterocycles. The third-order valence-electron chi connectivity index (χ3n) is 7.19. The van der Waals surface area contributed by atoms with Crippen LogP contribution in [0.25, 0.3) is 10.6 Å². The van der Waals surface area contributed by atoms with Crippen molar-refractivity contribution in [1.82, 2.24) is 14.8 Å². The lowest BCUT2D eigenvalue weighted by atomic mass is 10.1. The monoisotopic (exact) mass is 627 g/mol. The SMILES string of the molecule is Cc1cc(SCc2sc(-c3ccc(C(F)(F)F)cc3)nc2CN2CCN(Cc3ccccc3)CC2)ccc1OCC(=O)O. The van der Waals surface area contributed by atoms with Gasteiger partial charge in [-0.1, -0.05) is 42.5 Å². The van der Waals surface area contributed by atoms with Crippen molar-refractivity contribution < 1.29 is 27.8 Å². The maximum atomic E-state index is 13.1. The van der Waals surface area contributed by atoms with Gasteiger partial charge in [0.2, 0.25) is 0 Å². The van der Waals surface area contributed by atoms with Crippen LogP contribution in [0.3, 0.4) is 0 Å². The van der Waals surface area contributed by atoms with E-state index in [0.29, 0.717) is 28.6 Å². The molecule has 3 aromatic carbocycles. The Morgan fingerprint density at radius 1 is 0.977 bits per heavy atom. The van der Waals surface area contributed by atoms with Crippen LogP contribution in [-0.4, -0.2) is 58.6 Å². The molecule has 0 radical (unpaired) electrons. The Bertz CT molecular complexity index is 1520. The number of nitrogens with zero attached hydrogens (tertiary/aromatic N) is 3. The van der Waals surface area contributed by atoms with Gasteiger partial charge in [-0.05, 0) is 48.4 Å². The fourth-order valence-electron chi connectivity index (χ4n) is 4.87. The van der Waals surface area contributed by atoms with Gasteiger partial charge < -0.3 is 9.84 Å². The summed E-state index contributed by atoms with van der Waals surface area (Å²) < 4.78 is 44.8. The molecular formula is C32H32F3N3O3S2. The number of carboxylic acids is 1. The number of ether oxygens (including phenoxy) is 1. The highest BCUT2D eigenvalue weighted by atomic mass is 32.2. The second-order valence-corrected chi connectivity index (χ2v) is 12.5. The first-order valence-electron chi connectivity index (χ1n) is 13.9. The van der Waals surface area contributed by atoms with Crippen LogP contribution in [0.2, 0.25) is 0 Å². The van der Waals surface area contributed by atoms with Crippen molar-refractivity contribution in [3.63, 3.8) is 0 Å². The smallest absolute Gasteiger partial charge is 0.416 e. The lowest BCUT2D eigenvalue weighted by molar-refractivity contribution is -0.139. The topological polar surface area (TPSA) is 65.9 Å². The first-order valence-corrected chi connectivity index (χ1v) is 15.7. The second kappa shape index (κ2) is 13.9. The average molecular weight is 628 g/mol. The van der Waals surface area contributed by atoms with Gasteiger partial charge in [-0.2, -0.15) is 13.2 Å². The molecule has 0 spiro atoms. The molecule has 1 saturated heterocycles. The van der Waals surface area contributed by atoms with Crippen LogP contribution >= 0.6 is 23.1 Å². The summed E-state index contributed by atoms with van der Waals surface area (Å²) in [5.74, 6) is 0.148. The lowest BCUT2D eigenvalue weighted by Gasteiger charge is -2.34. The van der Waals surface area contributed by atoms with Crippen LogP contribution in [0.4, 0.5) is 13.2 Å². The van der Waals surface area contributed by atoms with E-state index in [1.807, 2.05) is 25.1 Å². The number of carbonyl (C=O) groups is 1. The fourth-order valence-corrected chi connectivity index (χ4v) is 7.04. The number of piperazine rings is 1. The molecule has 1 aliphatic heterocycles. The van der Waals surface area contributed by atoms with E-state index in [9.17, 15) is 18.0 Å². The zero-order chi connectivity index (χ0) is 30.4. The Labute approximate surface area is 257 Å². The molecule has 5 rings (SSSR count). The second-order valence-electron chi connectivity index (χ2n) is 10.4. The maximum Gasteiger partial charge on any atom is 0.416 e. The van der Waals surface area contributed by atoms with E-state index in [-0.39, 0.29) is 0 Å². The summed E-state index contributed by atoms with van der Waals surface area (Å²) in [6.45, 7) is 6.78. The standard InChI is InChI=1S/C32H32F3N3O3S2/c1-22-17-26(11-12-28(22)41-20-30(39)40)42-21-29-27(36-31(43-29)24-7-9-25(10-8-24)32(33,34)35)19-38-15-13-37(14-16-38)18-23-5-3-2-4-6-23/h2-12,17H,13-16,18-21H2,1H3,(H,39,40). The molecule has 4 aromatic rings. The first-order chi connectivity index (χ1) is 20.6. The zero-order valence-corrected chi connectivity index (χ0v) is 25.3. The summed E-state index contributed by atoms with van der Waals surface area (Å²) in [6, 6.07) is 21.3. The molecular weight excluding hydrogens is 595 g/mol. The Hall–Kier alpha value is -3.38. The number of thioether (sulfide) groups is 1. The van der Waals surface area contributed by atoms with Crippen LogP contribution in [0.1, 0.15) is 27.3 Å². The van der Waals surface area contributed by atoms with E-state index in [0.717, 1.165) is 65.9 Å². The van der Waals surface area contributed by atoms with E-state index in [2.05, 4.69) is 34.1 Å². The fraction of sp³-hybridized carbons (Fsp3) is 0.312. The molecule has 2 heterocycles. The minimum Gasteiger partial charge on any atom is -0.482 e. The van der Waals surface area contributed by atoms with Crippen molar-refractivity contribution >= 4 is 29.1 Å². The van der Waals surface area contributed by atoms with Gasteiger partial charge >= 0.3 is 12.1 Å². The number of rotatable bonds is 11. The highest BCUT2D eigenvalue weighted by molar-refractivity contribution is 7.98. The molecule has 0 unspecified atom stereocenters. The van der Waals surface area contributed by atoms with Crippen molar-refractivity contribution in [2.45, 2.75) is 36.8 Å². The largest absolute Gasteiger partial charge is 0.482 e. The molecule has 0 bridgehead atoms. The van der Waals surface area contributed by atoms with E-state index in [4.69, 9.17) is 14.8 Å². The van der Waals surface area contributed by atoms with E-state index < -0.39 is 24.3 Å². The molecule has 43 heavy (non-hydrogen) atoms. The first kappa shape index (κ1) is 31.1. The number of benzene rings is 3. The number of alkyl halides is 3. The summed E-state index contributed by atoms with van der Waals surface area (Å²) in [4.78, 5) is 22.7. The van der Waals surface area contributed by atoms with Gasteiger partial charge in [-0.3, -0.25) is 9.80 Å². The van der Waals surface area contributed by atoms with Crippen molar-refractivity contribution in [3.05, 3.63) is 100 Å². The van der Waals surface area contributed by atoms with Crippen LogP contribution in [0, 0.1) is 6.92 Å². The van der Waals surface area contributed by atoms with E-state index >= 15 is 0 Å². The third-order valence-corrected chi connectivity index (χ3v) is 9.54. The van der Waals surface area contributed by atoms with Crippen LogP contribution in [-0.2, 0) is 29.8 Å². The molecule has 226 valence electrons. The molecule has 6 nitrogen and oxygen atoms in total. The molecule has 11 heteroatoms. The summed E-state index contributed by atoms with van der Waals surface area (Å²) in [6.07, 6.45) is -4.39. The predicted molar refractivity (Wildman–Crippen MR) is 163 cm³/mol. The highest BCUT2D eigenvalue weighted by Crippen LogP contribution is 2.36.